The standard InChI is InChI=1S/C16H32O4/c1-8-10-12-19-20-16(13(17)18,14(3,4)5)15(6,7)11-9-2/h8-12H2,1-7H3,(H,17,18). The Morgan fingerprint density at radius 3 is 1.95 bits per heavy atom. The van der Waals surface area contributed by atoms with Gasteiger partial charge in [-0.3, -0.25) is 0 Å². The zero-order valence-electron chi connectivity index (χ0n) is 14.2. The minimum absolute atomic E-state index is 0.420. The smallest absolute Gasteiger partial charge is 0.340 e. The molecule has 0 saturated heterocycles. The molecule has 1 atom stereocenters. The average molecular weight is 288 g/mol. The number of hydrogen-bond acceptors (Lipinski definition) is 3. The van der Waals surface area contributed by atoms with Crippen LogP contribution in [-0.4, -0.2) is 23.3 Å². The molecule has 4 nitrogen and oxygen atoms in total. The second kappa shape index (κ2) is 7.41. The van der Waals surface area contributed by atoms with E-state index in [0.717, 1.165) is 25.7 Å². The van der Waals surface area contributed by atoms with Gasteiger partial charge in [-0.05, 0) is 12.8 Å². The van der Waals surface area contributed by atoms with Gasteiger partial charge in [0, 0.05) is 10.8 Å². The molecule has 0 aromatic rings. The number of hydrogen-bond donors (Lipinski definition) is 1. The highest BCUT2D eigenvalue weighted by molar-refractivity contribution is 5.79. The van der Waals surface area contributed by atoms with Gasteiger partial charge in [0.15, 0.2) is 0 Å². The van der Waals surface area contributed by atoms with E-state index in [1.807, 2.05) is 34.6 Å². The lowest BCUT2D eigenvalue weighted by molar-refractivity contribution is -0.397. The Balaban J connectivity index is 5.45. The molecule has 0 aromatic carbocycles. The highest BCUT2D eigenvalue weighted by Gasteiger charge is 2.61. The fourth-order valence-corrected chi connectivity index (χ4v) is 3.03. The minimum atomic E-state index is -1.37. The van der Waals surface area contributed by atoms with Gasteiger partial charge in [-0.2, -0.15) is 0 Å². The van der Waals surface area contributed by atoms with Gasteiger partial charge in [-0.15, -0.1) is 0 Å². The molecule has 0 rings (SSSR count). The summed E-state index contributed by atoms with van der Waals surface area (Å²) in [5.74, 6) is -0.958. The van der Waals surface area contributed by atoms with Crippen molar-refractivity contribution in [3.05, 3.63) is 0 Å². The summed E-state index contributed by atoms with van der Waals surface area (Å²) < 4.78 is 0. The predicted octanol–water partition coefficient (Wildman–Crippen LogP) is 4.43. The lowest BCUT2D eigenvalue weighted by Crippen LogP contribution is -2.61. The number of carboxylic acid groups (broad SMARTS) is 1. The van der Waals surface area contributed by atoms with Crippen LogP contribution < -0.4 is 0 Å². The summed E-state index contributed by atoms with van der Waals surface area (Å²) in [6, 6.07) is 0. The molecule has 0 fully saturated rings. The van der Waals surface area contributed by atoms with Crippen molar-refractivity contribution in [3.63, 3.8) is 0 Å². The Morgan fingerprint density at radius 1 is 1.05 bits per heavy atom. The lowest BCUT2D eigenvalue weighted by Gasteiger charge is -2.49. The summed E-state index contributed by atoms with van der Waals surface area (Å²) in [4.78, 5) is 22.9. The maximum atomic E-state index is 12.0. The zero-order valence-corrected chi connectivity index (χ0v) is 14.2. The fourth-order valence-electron chi connectivity index (χ4n) is 3.03. The third kappa shape index (κ3) is 3.95. The molecule has 0 aliphatic heterocycles. The predicted molar refractivity (Wildman–Crippen MR) is 80.5 cm³/mol. The summed E-state index contributed by atoms with van der Waals surface area (Å²) >= 11 is 0. The summed E-state index contributed by atoms with van der Waals surface area (Å²) in [6.45, 7) is 14.1. The van der Waals surface area contributed by atoms with Crippen molar-refractivity contribution in [2.75, 3.05) is 6.61 Å². The molecule has 0 aliphatic rings. The number of aliphatic carboxylic acids is 1. The number of carbonyl (C=O) groups is 1. The van der Waals surface area contributed by atoms with Crippen LogP contribution in [-0.2, 0) is 14.6 Å². The third-order valence-corrected chi connectivity index (χ3v) is 3.95. The first kappa shape index (κ1) is 19.4. The highest BCUT2D eigenvalue weighted by atomic mass is 17.2. The molecule has 0 spiro atoms. The maximum Gasteiger partial charge on any atom is 0.340 e. The molecule has 0 amide bonds. The lowest BCUT2D eigenvalue weighted by atomic mass is 9.60. The van der Waals surface area contributed by atoms with Crippen LogP contribution in [0.2, 0.25) is 0 Å². The normalized spacial score (nSPS) is 15.9. The molecule has 0 heterocycles. The van der Waals surface area contributed by atoms with Crippen molar-refractivity contribution >= 4 is 5.97 Å². The number of unbranched alkanes of at least 4 members (excludes halogenated alkanes) is 1. The second-order valence-electron chi connectivity index (χ2n) is 7.13. The third-order valence-electron chi connectivity index (χ3n) is 3.95. The molecule has 0 aliphatic carbocycles. The van der Waals surface area contributed by atoms with Crippen LogP contribution in [0.25, 0.3) is 0 Å². The quantitative estimate of drug-likeness (QED) is 0.387. The van der Waals surface area contributed by atoms with E-state index in [2.05, 4.69) is 13.8 Å². The summed E-state index contributed by atoms with van der Waals surface area (Å²) in [7, 11) is 0. The highest BCUT2D eigenvalue weighted by Crippen LogP contribution is 2.49. The van der Waals surface area contributed by atoms with E-state index in [1.54, 1.807) is 0 Å². The van der Waals surface area contributed by atoms with E-state index in [1.165, 1.54) is 0 Å². The van der Waals surface area contributed by atoms with Gasteiger partial charge in [0.25, 0.3) is 0 Å². The maximum absolute atomic E-state index is 12.0. The van der Waals surface area contributed by atoms with Crippen LogP contribution in [0.5, 0.6) is 0 Å². The van der Waals surface area contributed by atoms with Crippen molar-refractivity contribution in [1.82, 2.24) is 0 Å². The molecule has 0 radical (unpaired) electrons. The van der Waals surface area contributed by atoms with E-state index >= 15 is 0 Å². The second-order valence-corrected chi connectivity index (χ2v) is 7.13. The Morgan fingerprint density at radius 2 is 1.60 bits per heavy atom. The fraction of sp³-hybridized carbons (Fsp3) is 0.938. The van der Waals surface area contributed by atoms with E-state index in [-0.39, 0.29) is 0 Å². The summed E-state index contributed by atoms with van der Waals surface area (Å²) in [5, 5.41) is 9.87. The van der Waals surface area contributed by atoms with Crippen LogP contribution in [0.1, 0.15) is 74.1 Å². The number of carboxylic acids is 1. The zero-order chi connectivity index (χ0) is 16.0. The Kier molecular flexibility index (Phi) is 7.19. The van der Waals surface area contributed by atoms with Crippen LogP contribution in [0.4, 0.5) is 0 Å². The van der Waals surface area contributed by atoms with Crippen molar-refractivity contribution in [2.45, 2.75) is 79.8 Å². The molecule has 4 heteroatoms. The Hall–Kier alpha value is -0.610. The number of rotatable bonds is 9. The van der Waals surface area contributed by atoms with Gasteiger partial charge in [-0.25, -0.2) is 14.6 Å². The Labute approximate surface area is 123 Å². The summed E-state index contributed by atoms with van der Waals surface area (Å²) in [6.07, 6.45) is 3.50. The van der Waals surface area contributed by atoms with Crippen molar-refractivity contribution in [2.24, 2.45) is 10.8 Å². The van der Waals surface area contributed by atoms with Crippen LogP contribution in [0, 0.1) is 10.8 Å². The van der Waals surface area contributed by atoms with Gasteiger partial charge in [-0.1, -0.05) is 61.3 Å². The van der Waals surface area contributed by atoms with Crippen molar-refractivity contribution < 1.29 is 19.7 Å². The van der Waals surface area contributed by atoms with Crippen LogP contribution >= 0.6 is 0 Å². The average Bonchev–Trinajstić information content (AvgIpc) is 2.26. The molecule has 0 saturated carbocycles. The van der Waals surface area contributed by atoms with Crippen molar-refractivity contribution in [1.29, 1.82) is 0 Å². The first-order chi connectivity index (χ1) is 9.06. The SMILES string of the molecule is CCCCOOC(C(=O)O)(C(C)(C)C)C(C)(C)CCC. The molecule has 1 N–H and O–H groups in total. The molecular formula is C16H32O4. The van der Waals surface area contributed by atoms with Crippen LogP contribution in [0.15, 0.2) is 0 Å². The topological polar surface area (TPSA) is 55.8 Å². The first-order valence-electron chi connectivity index (χ1n) is 7.60. The molecule has 0 bridgehead atoms. The Bertz CT molecular complexity index is 304. The van der Waals surface area contributed by atoms with Gasteiger partial charge in [0.2, 0.25) is 5.60 Å². The summed E-state index contributed by atoms with van der Waals surface area (Å²) in [5.41, 5.74) is -2.48. The first-order valence-corrected chi connectivity index (χ1v) is 7.60. The van der Waals surface area contributed by atoms with Gasteiger partial charge in [0.1, 0.15) is 0 Å². The van der Waals surface area contributed by atoms with Crippen LogP contribution in [0.3, 0.4) is 0 Å². The van der Waals surface area contributed by atoms with E-state index in [4.69, 9.17) is 9.78 Å². The van der Waals surface area contributed by atoms with Crippen molar-refractivity contribution in [3.8, 4) is 0 Å². The largest absolute Gasteiger partial charge is 0.479 e. The molecule has 0 aromatic heterocycles. The molecular weight excluding hydrogens is 256 g/mol. The van der Waals surface area contributed by atoms with Gasteiger partial charge in [0.05, 0.1) is 6.61 Å². The van der Waals surface area contributed by atoms with Gasteiger partial charge < -0.3 is 5.11 Å². The van der Waals surface area contributed by atoms with E-state index in [0.29, 0.717) is 6.61 Å². The molecule has 120 valence electrons. The van der Waals surface area contributed by atoms with Gasteiger partial charge >= 0.3 is 5.97 Å². The molecule has 20 heavy (non-hydrogen) atoms. The van der Waals surface area contributed by atoms with E-state index in [9.17, 15) is 9.90 Å². The molecule has 1 unspecified atom stereocenters. The van der Waals surface area contributed by atoms with E-state index < -0.39 is 22.4 Å². The monoisotopic (exact) mass is 288 g/mol. The minimum Gasteiger partial charge on any atom is -0.479 e.